The van der Waals surface area contributed by atoms with Crippen LogP contribution in [0.2, 0.25) is 0 Å². The summed E-state index contributed by atoms with van der Waals surface area (Å²) in [5.74, 6) is 3.37. The predicted molar refractivity (Wildman–Crippen MR) is 125 cm³/mol. The van der Waals surface area contributed by atoms with Gasteiger partial charge < -0.3 is 24.1 Å². The summed E-state index contributed by atoms with van der Waals surface area (Å²) in [5.41, 5.74) is 3.59. The first-order chi connectivity index (χ1) is 16.1. The molecule has 3 aliphatic carbocycles. The zero-order chi connectivity index (χ0) is 22.5. The fraction of sp³-hybridized carbons (Fsp3) is 0.519. The first kappa shape index (κ1) is 20.8. The maximum atomic E-state index is 13.0. The van der Waals surface area contributed by atoms with Crippen molar-refractivity contribution in [1.29, 1.82) is 0 Å². The quantitative estimate of drug-likeness (QED) is 0.649. The minimum Gasteiger partial charge on any atom is -0.493 e. The lowest BCUT2D eigenvalue weighted by atomic mass is 9.64. The Bertz CT molecular complexity index is 1060. The van der Waals surface area contributed by atoms with Crippen LogP contribution in [0.1, 0.15) is 48.3 Å². The van der Waals surface area contributed by atoms with Gasteiger partial charge in [-0.15, -0.1) is 0 Å². The van der Waals surface area contributed by atoms with E-state index < -0.39 is 0 Å². The SMILES string of the molecule is COc1ccc2c3c1O[C@@H]1C3[C@@H](CC[C@H]1N(C)C(=O)/C=C/c1ccoc1)[C@H](NCC1CC1)C2. The molecule has 0 spiro atoms. The van der Waals surface area contributed by atoms with Crippen molar-refractivity contribution in [3.63, 3.8) is 0 Å². The van der Waals surface area contributed by atoms with E-state index in [1.54, 1.807) is 31.8 Å². The summed E-state index contributed by atoms with van der Waals surface area (Å²) in [6.07, 6.45) is 12.4. The van der Waals surface area contributed by atoms with E-state index in [4.69, 9.17) is 13.9 Å². The number of methoxy groups -OCH3 is 1. The molecule has 0 bridgehead atoms. The molecule has 0 saturated heterocycles. The Balaban J connectivity index is 1.28. The van der Waals surface area contributed by atoms with Crippen LogP contribution in [0.5, 0.6) is 11.5 Å². The Morgan fingerprint density at radius 1 is 1.24 bits per heavy atom. The van der Waals surface area contributed by atoms with E-state index in [0.29, 0.717) is 17.9 Å². The number of amides is 1. The lowest BCUT2D eigenvalue weighted by Gasteiger charge is -2.47. The van der Waals surface area contributed by atoms with E-state index in [-0.39, 0.29) is 18.1 Å². The largest absolute Gasteiger partial charge is 0.493 e. The van der Waals surface area contributed by atoms with Crippen molar-refractivity contribution >= 4 is 12.0 Å². The second kappa shape index (κ2) is 8.24. The van der Waals surface area contributed by atoms with Crippen molar-refractivity contribution in [2.75, 3.05) is 20.7 Å². The lowest BCUT2D eigenvalue weighted by molar-refractivity contribution is -0.130. The molecular formula is C27H32N2O4. The third-order valence-corrected chi connectivity index (χ3v) is 8.18. The van der Waals surface area contributed by atoms with Crippen molar-refractivity contribution in [3.8, 4) is 11.5 Å². The molecule has 0 radical (unpaired) electrons. The number of hydrogen-bond donors (Lipinski definition) is 1. The van der Waals surface area contributed by atoms with Crippen molar-refractivity contribution < 1.29 is 18.7 Å². The predicted octanol–water partition coefficient (Wildman–Crippen LogP) is 4.01. The molecule has 6 heteroatoms. The molecule has 4 aliphatic rings. The maximum Gasteiger partial charge on any atom is 0.246 e. The first-order valence-corrected chi connectivity index (χ1v) is 12.2. The van der Waals surface area contributed by atoms with E-state index in [9.17, 15) is 4.79 Å². The number of hydrogen-bond acceptors (Lipinski definition) is 5. The number of nitrogens with zero attached hydrogens (tertiary/aromatic N) is 1. The van der Waals surface area contributed by atoms with Crippen LogP contribution in [0.25, 0.3) is 6.08 Å². The van der Waals surface area contributed by atoms with Crippen LogP contribution in [-0.4, -0.2) is 49.7 Å². The molecular weight excluding hydrogens is 416 g/mol. The number of rotatable bonds is 7. The zero-order valence-corrected chi connectivity index (χ0v) is 19.3. The van der Waals surface area contributed by atoms with Gasteiger partial charge in [0.25, 0.3) is 0 Å². The number of carbonyl (C=O) groups excluding carboxylic acids is 1. The molecule has 2 heterocycles. The average molecular weight is 449 g/mol. The van der Waals surface area contributed by atoms with Crippen LogP contribution in [-0.2, 0) is 11.2 Å². The van der Waals surface area contributed by atoms with Crippen LogP contribution in [0.4, 0.5) is 0 Å². The number of benzene rings is 1. The Kier molecular flexibility index (Phi) is 5.21. The highest BCUT2D eigenvalue weighted by Gasteiger charge is 2.54. The summed E-state index contributed by atoms with van der Waals surface area (Å²) in [7, 11) is 3.61. The minimum atomic E-state index is -0.0457. The van der Waals surface area contributed by atoms with Gasteiger partial charge >= 0.3 is 0 Å². The molecule has 6 nitrogen and oxygen atoms in total. The van der Waals surface area contributed by atoms with Crippen molar-refractivity contribution in [1.82, 2.24) is 10.2 Å². The van der Waals surface area contributed by atoms with Gasteiger partial charge in [-0.3, -0.25) is 4.79 Å². The van der Waals surface area contributed by atoms with Gasteiger partial charge in [-0.2, -0.15) is 0 Å². The highest BCUT2D eigenvalue weighted by Crippen LogP contribution is 2.57. The molecule has 2 aromatic rings. The van der Waals surface area contributed by atoms with Gasteiger partial charge in [0.2, 0.25) is 5.91 Å². The standard InChI is InChI=1S/C27H32N2O4/c1-29(23(30)10-5-17-11-12-32-15-17)21-8-7-19-20(28-14-16-3-4-16)13-18-6-9-22(31-2)27-24(18)25(19)26(21)33-27/h5-6,9-12,15-16,19-21,25-26,28H,3-4,7-8,13-14H2,1-2H3/b10-5+/t19-,20+,21+,25?,26-/m0/s1. The second-order valence-corrected chi connectivity index (χ2v) is 10.1. The molecule has 1 aliphatic heterocycles. The first-order valence-electron chi connectivity index (χ1n) is 12.2. The normalized spacial score (nSPS) is 29.6. The third-order valence-electron chi connectivity index (χ3n) is 8.18. The topological polar surface area (TPSA) is 63.9 Å². The minimum absolute atomic E-state index is 0.00869. The number of nitrogens with one attached hydrogen (secondary N) is 1. The molecule has 1 N–H and O–H groups in total. The summed E-state index contributed by atoms with van der Waals surface area (Å²) in [4.78, 5) is 14.9. The van der Waals surface area contributed by atoms with Gasteiger partial charge in [0.1, 0.15) is 6.10 Å². The van der Waals surface area contributed by atoms with Crippen LogP contribution >= 0.6 is 0 Å². The van der Waals surface area contributed by atoms with Crippen molar-refractivity contribution in [2.45, 2.75) is 56.2 Å². The Morgan fingerprint density at radius 2 is 2.12 bits per heavy atom. The van der Waals surface area contributed by atoms with Gasteiger partial charge in [0.05, 0.1) is 25.7 Å². The number of carbonyl (C=O) groups is 1. The Labute approximate surface area is 194 Å². The summed E-state index contributed by atoms with van der Waals surface area (Å²) >= 11 is 0. The van der Waals surface area contributed by atoms with Gasteiger partial charge in [-0.1, -0.05) is 6.07 Å². The van der Waals surface area contributed by atoms with Crippen molar-refractivity contribution in [2.24, 2.45) is 11.8 Å². The van der Waals surface area contributed by atoms with E-state index in [1.165, 1.54) is 24.0 Å². The third kappa shape index (κ3) is 3.65. The molecule has 2 fully saturated rings. The molecule has 1 aromatic carbocycles. The highest BCUT2D eigenvalue weighted by atomic mass is 16.5. The summed E-state index contributed by atoms with van der Waals surface area (Å²) < 4.78 is 17.4. The average Bonchev–Trinajstić information content (AvgIpc) is 3.34. The Hall–Kier alpha value is -2.73. The smallest absolute Gasteiger partial charge is 0.246 e. The van der Waals surface area contributed by atoms with Crippen molar-refractivity contribution in [3.05, 3.63) is 53.5 Å². The van der Waals surface area contributed by atoms with Crippen LogP contribution in [0, 0.1) is 11.8 Å². The molecule has 1 aromatic heterocycles. The second-order valence-electron chi connectivity index (χ2n) is 10.1. The molecule has 2 saturated carbocycles. The fourth-order valence-corrected chi connectivity index (χ4v) is 6.24. The fourth-order valence-electron chi connectivity index (χ4n) is 6.24. The highest BCUT2D eigenvalue weighted by molar-refractivity contribution is 5.91. The van der Waals surface area contributed by atoms with Gasteiger partial charge in [-0.05, 0) is 74.3 Å². The summed E-state index contributed by atoms with van der Waals surface area (Å²) in [6, 6.07) is 6.60. The zero-order valence-electron chi connectivity index (χ0n) is 19.3. The monoisotopic (exact) mass is 448 g/mol. The molecule has 6 rings (SSSR count). The molecule has 1 amide bonds. The number of likely N-dealkylation sites (N-methyl/N-ethyl adjacent to an activating group) is 1. The van der Waals surface area contributed by atoms with Gasteiger partial charge in [-0.25, -0.2) is 0 Å². The van der Waals surface area contributed by atoms with Crippen LogP contribution < -0.4 is 14.8 Å². The number of furan rings is 1. The van der Waals surface area contributed by atoms with E-state index >= 15 is 0 Å². The summed E-state index contributed by atoms with van der Waals surface area (Å²) in [5, 5.41) is 3.91. The van der Waals surface area contributed by atoms with Crippen LogP contribution in [0.3, 0.4) is 0 Å². The van der Waals surface area contributed by atoms with Gasteiger partial charge in [0, 0.05) is 36.2 Å². The van der Waals surface area contributed by atoms with E-state index in [2.05, 4.69) is 11.4 Å². The van der Waals surface area contributed by atoms with E-state index in [1.807, 2.05) is 24.1 Å². The Morgan fingerprint density at radius 3 is 2.88 bits per heavy atom. The molecule has 33 heavy (non-hydrogen) atoms. The summed E-state index contributed by atoms with van der Waals surface area (Å²) in [6.45, 7) is 1.12. The molecule has 1 unspecified atom stereocenters. The number of ether oxygens (including phenoxy) is 2. The lowest BCUT2D eigenvalue weighted by Crippen LogP contribution is -2.56. The van der Waals surface area contributed by atoms with Gasteiger partial charge in [0.15, 0.2) is 11.5 Å². The molecule has 5 atom stereocenters. The van der Waals surface area contributed by atoms with E-state index in [0.717, 1.165) is 48.8 Å². The van der Waals surface area contributed by atoms with Crippen LogP contribution in [0.15, 0.2) is 41.2 Å². The molecule has 174 valence electrons. The maximum absolute atomic E-state index is 13.0.